The summed E-state index contributed by atoms with van der Waals surface area (Å²) in [5.41, 5.74) is 0.0409. The smallest absolute Gasteiger partial charge is 0.303 e. The topological polar surface area (TPSA) is 72.3 Å². The van der Waals surface area contributed by atoms with E-state index in [1.165, 1.54) is 6.20 Å². The Bertz CT molecular complexity index is 1070. The predicted octanol–water partition coefficient (Wildman–Crippen LogP) is 5.34. The van der Waals surface area contributed by atoms with Crippen LogP contribution in [0.1, 0.15) is 22.4 Å². The van der Waals surface area contributed by atoms with Crippen LogP contribution in [0.25, 0.3) is 11.4 Å². The maximum atomic E-state index is 14.3. The van der Waals surface area contributed by atoms with Crippen LogP contribution in [0.15, 0.2) is 24.4 Å². The van der Waals surface area contributed by atoms with Gasteiger partial charge >= 0.3 is 5.97 Å². The fourth-order valence-electron chi connectivity index (χ4n) is 2.66. The van der Waals surface area contributed by atoms with Gasteiger partial charge in [-0.3, -0.25) is 4.79 Å². The molecule has 0 fully saturated rings. The van der Waals surface area contributed by atoms with Crippen molar-refractivity contribution in [2.45, 2.75) is 26.1 Å². The second-order valence-corrected chi connectivity index (χ2v) is 7.42. The van der Waals surface area contributed by atoms with Crippen LogP contribution in [0.4, 0.5) is 17.6 Å². The molecule has 0 saturated carbocycles. The van der Waals surface area contributed by atoms with Gasteiger partial charge in [0.05, 0.1) is 9.90 Å². The van der Waals surface area contributed by atoms with Crippen LogP contribution in [-0.4, -0.2) is 20.4 Å². The fraction of sp³-hybridized carbons (Fsp3) is 0.211. The number of benzene rings is 1. The van der Waals surface area contributed by atoms with Crippen molar-refractivity contribution in [2.24, 2.45) is 0 Å². The van der Waals surface area contributed by atoms with Gasteiger partial charge in [0.15, 0.2) is 23.2 Å². The van der Waals surface area contributed by atoms with E-state index in [9.17, 15) is 22.4 Å². The first-order chi connectivity index (χ1) is 14.3. The maximum Gasteiger partial charge on any atom is 0.303 e. The molecule has 0 bridgehead atoms. The van der Waals surface area contributed by atoms with Crippen LogP contribution < -0.4 is 4.74 Å². The number of alkyl halides is 1. The quantitative estimate of drug-likeness (QED) is 0.459. The Morgan fingerprint density at radius 2 is 1.83 bits per heavy atom. The minimum absolute atomic E-state index is 0.0132. The molecule has 0 aliphatic carbocycles. The fourth-order valence-corrected chi connectivity index (χ4v) is 3.52. The summed E-state index contributed by atoms with van der Waals surface area (Å²) in [5.74, 6) is -4.70. The second kappa shape index (κ2) is 9.40. The third-order valence-electron chi connectivity index (χ3n) is 4.07. The highest BCUT2D eigenvalue weighted by Crippen LogP contribution is 2.32. The lowest BCUT2D eigenvalue weighted by Gasteiger charge is -2.11. The van der Waals surface area contributed by atoms with Gasteiger partial charge in [-0.2, -0.15) is 4.37 Å². The van der Waals surface area contributed by atoms with Crippen molar-refractivity contribution < 1.29 is 32.2 Å². The van der Waals surface area contributed by atoms with Crippen LogP contribution in [0, 0.1) is 17.5 Å². The molecule has 11 heteroatoms. The average Bonchev–Trinajstić information content (AvgIpc) is 3.08. The molecule has 1 aromatic carbocycles. The molecule has 0 spiro atoms. The van der Waals surface area contributed by atoms with Crippen LogP contribution in [-0.2, 0) is 24.5 Å². The lowest BCUT2D eigenvalue weighted by molar-refractivity contribution is -0.136. The van der Waals surface area contributed by atoms with Crippen molar-refractivity contribution in [3.63, 3.8) is 0 Å². The Morgan fingerprint density at radius 3 is 2.43 bits per heavy atom. The molecule has 0 radical (unpaired) electrons. The van der Waals surface area contributed by atoms with E-state index < -0.39 is 42.5 Å². The average molecular weight is 461 g/mol. The third kappa shape index (κ3) is 4.88. The number of hydrogen-bond acceptors (Lipinski definition) is 5. The summed E-state index contributed by atoms with van der Waals surface area (Å²) >= 11 is 6.44. The summed E-state index contributed by atoms with van der Waals surface area (Å²) in [6, 6.07) is 2.94. The van der Waals surface area contributed by atoms with Gasteiger partial charge in [0.25, 0.3) is 0 Å². The number of aryl methyl sites for hydroxylation is 1. The molecular formula is C19H13ClF4N2O3S. The van der Waals surface area contributed by atoms with E-state index in [4.69, 9.17) is 21.4 Å². The number of ether oxygens (including phenoxy) is 1. The molecule has 2 aromatic heterocycles. The summed E-state index contributed by atoms with van der Waals surface area (Å²) in [6.45, 7) is -1.43. The van der Waals surface area contributed by atoms with Crippen molar-refractivity contribution in [3.05, 3.63) is 62.9 Å². The molecule has 158 valence electrons. The van der Waals surface area contributed by atoms with E-state index in [2.05, 4.69) is 9.36 Å². The first-order valence-corrected chi connectivity index (χ1v) is 9.62. The highest BCUT2D eigenvalue weighted by Gasteiger charge is 2.22. The number of aromatic nitrogens is 2. The Balaban J connectivity index is 1.87. The summed E-state index contributed by atoms with van der Waals surface area (Å²) < 4.78 is 65.4. The first kappa shape index (κ1) is 22.0. The first-order valence-electron chi connectivity index (χ1n) is 8.47. The van der Waals surface area contributed by atoms with E-state index in [-0.39, 0.29) is 45.3 Å². The number of halogens is 5. The minimum atomic E-state index is -1.10. The highest BCUT2D eigenvalue weighted by atomic mass is 35.5. The lowest BCUT2D eigenvalue weighted by Crippen LogP contribution is -2.05. The molecule has 0 aliphatic heterocycles. The Labute approximate surface area is 177 Å². The number of rotatable bonds is 8. The van der Waals surface area contributed by atoms with Gasteiger partial charge in [0, 0.05) is 18.2 Å². The normalized spacial score (nSPS) is 11.0. The largest absolute Gasteiger partial charge is 0.483 e. The Kier molecular flexibility index (Phi) is 6.88. The Morgan fingerprint density at radius 1 is 1.13 bits per heavy atom. The van der Waals surface area contributed by atoms with Gasteiger partial charge < -0.3 is 9.84 Å². The van der Waals surface area contributed by atoms with Gasteiger partial charge in [0.2, 0.25) is 0 Å². The zero-order chi connectivity index (χ0) is 21.8. The van der Waals surface area contributed by atoms with E-state index in [1.807, 2.05) is 0 Å². The summed E-state index contributed by atoms with van der Waals surface area (Å²) in [5, 5.41) is 8.73. The van der Waals surface area contributed by atoms with E-state index in [0.717, 1.165) is 29.7 Å². The van der Waals surface area contributed by atoms with Crippen LogP contribution >= 0.6 is 23.1 Å². The minimum Gasteiger partial charge on any atom is -0.483 e. The van der Waals surface area contributed by atoms with Gasteiger partial charge in [0.1, 0.15) is 24.7 Å². The van der Waals surface area contributed by atoms with Crippen molar-refractivity contribution in [1.82, 2.24) is 9.36 Å². The molecule has 0 amide bonds. The van der Waals surface area contributed by atoms with E-state index in [0.29, 0.717) is 0 Å². The zero-order valence-electron chi connectivity index (χ0n) is 15.1. The molecule has 3 aromatic rings. The number of carboxylic acids is 1. The molecule has 30 heavy (non-hydrogen) atoms. The van der Waals surface area contributed by atoms with Crippen LogP contribution in [0.3, 0.4) is 0 Å². The molecule has 5 nitrogen and oxygen atoms in total. The molecule has 3 rings (SSSR count). The van der Waals surface area contributed by atoms with Crippen molar-refractivity contribution in [3.8, 4) is 17.1 Å². The standard InChI is InChI=1S/C19H13ClF4N2O3S/c20-10-5-12(22)18(25-7-10)17-11(15(6-21)30-26-17)8-29-19-13(23)3-9(4-14(19)24)1-2-16(27)28/h3-5,7H,1-2,6,8H2,(H,27,28). The van der Waals surface area contributed by atoms with Gasteiger partial charge in [-0.05, 0) is 41.7 Å². The molecule has 1 N–H and O–H groups in total. The summed E-state index contributed by atoms with van der Waals surface area (Å²) in [4.78, 5) is 14.6. The van der Waals surface area contributed by atoms with Crippen molar-refractivity contribution in [1.29, 1.82) is 0 Å². The number of carboxylic acid groups (broad SMARTS) is 1. The molecule has 0 atom stereocenters. The summed E-state index contributed by atoms with van der Waals surface area (Å²) in [6.07, 6.45) is 0.840. The number of aliphatic carboxylic acids is 1. The Hall–Kier alpha value is -2.72. The van der Waals surface area contributed by atoms with Crippen molar-refractivity contribution in [2.75, 3.05) is 0 Å². The second-order valence-electron chi connectivity index (χ2n) is 6.12. The SMILES string of the molecule is O=C(O)CCc1cc(F)c(OCc2c(-c3ncc(Cl)cc3F)nsc2CF)c(F)c1. The zero-order valence-corrected chi connectivity index (χ0v) is 16.7. The number of carbonyl (C=O) groups is 1. The van der Waals surface area contributed by atoms with Crippen LogP contribution in [0.5, 0.6) is 5.75 Å². The third-order valence-corrected chi connectivity index (χ3v) is 5.13. The number of pyridine rings is 1. The van der Waals surface area contributed by atoms with Gasteiger partial charge in [-0.15, -0.1) is 0 Å². The maximum absolute atomic E-state index is 14.3. The highest BCUT2D eigenvalue weighted by molar-refractivity contribution is 7.06. The monoisotopic (exact) mass is 460 g/mol. The molecule has 0 unspecified atom stereocenters. The number of hydrogen-bond donors (Lipinski definition) is 1. The number of nitrogens with zero attached hydrogens (tertiary/aromatic N) is 2. The lowest BCUT2D eigenvalue weighted by atomic mass is 10.1. The molecule has 0 saturated heterocycles. The predicted molar refractivity (Wildman–Crippen MR) is 102 cm³/mol. The van der Waals surface area contributed by atoms with E-state index >= 15 is 0 Å². The van der Waals surface area contributed by atoms with Gasteiger partial charge in [-0.25, -0.2) is 22.5 Å². The van der Waals surface area contributed by atoms with Gasteiger partial charge in [-0.1, -0.05) is 11.6 Å². The molecule has 2 heterocycles. The van der Waals surface area contributed by atoms with Crippen LogP contribution in [0.2, 0.25) is 5.02 Å². The molecule has 0 aliphatic rings. The van der Waals surface area contributed by atoms with Crippen molar-refractivity contribution >= 4 is 29.1 Å². The molecular weight excluding hydrogens is 448 g/mol. The van der Waals surface area contributed by atoms with E-state index in [1.54, 1.807) is 0 Å². The summed E-state index contributed by atoms with van der Waals surface area (Å²) in [7, 11) is 0.